The Morgan fingerprint density at radius 1 is 1.05 bits per heavy atom. The summed E-state index contributed by atoms with van der Waals surface area (Å²) in [5.41, 5.74) is 1.30. The Labute approximate surface area is 133 Å². The summed E-state index contributed by atoms with van der Waals surface area (Å²) in [6.07, 6.45) is 4.19. The maximum Gasteiger partial charge on any atom is 0.226 e. The molecule has 4 heteroatoms. The van der Waals surface area contributed by atoms with Gasteiger partial charge in [-0.3, -0.25) is 0 Å². The summed E-state index contributed by atoms with van der Waals surface area (Å²) in [7, 11) is 2.06. The Morgan fingerprint density at radius 2 is 1.82 bits per heavy atom. The Balaban J connectivity index is 2.12. The zero-order chi connectivity index (χ0) is 15.8. The monoisotopic (exact) mass is 298 g/mol. The van der Waals surface area contributed by atoms with Crippen LogP contribution < -0.4 is 9.80 Å². The summed E-state index contributed by atoms with van der Waals surface area (Å²) in [5.74, 6) is 1.79. The molecule has 0 bridgehead atoms. The minimum atomic E-state index is 0.803. The molecular formula is C18H26N4. The second kappa shape index (κ2) is 8.37. The summed E-state index contributed by atoms with van der Waals surface area (Å²) < 4.78 is 0. The molecule has 0 amide bonds. The van der Waals surface area contributed by atoms with Crippen molar-refractivity contribution in [2.75, 3.05) is 29.9 Å². The predicted molar refractivity (Wildman–Crippen MR) is 93.4 cm³/mol. The Kier molecular flexibility index (Phi) is 6.19. The van der Waals surface area contributed by atoms with Crippen molar-refractivity contribution in [1.29, 1.82) is 0 Å². The van der Waals surface area contributed by atoms with E-state index in [4.69, 9.17) is 4.98 Å². The second-order valence-corrected chi connectivity index (χ2v) is 5.49. The average molecular weight is 298 g/mol. The Bertz CT molecular complexity index is 556. The Morgan fingerprint density at radius 3 is 2.50 bits per heavy atom. The van der Waals surface area contributed by atoms with E-state index >= 15 is 0 Å². The van der Waals surface area contributed by atoms with Gasteiger partial charge in [0, 0.05) is 32.9 Å². The summed E-state index contributed by atoms with van der Waals surface area (Å²) in [5, 5.41) is 0. The highest BCUT2D eigenvalue weighted by molar-refractivity contribution is 5.44. The molecule has 22 heavy (non-hydrogen) atoms. The van der Waals surface area contributed by atoms with Crippen LogP contribution in [0, 0.1) is 0 Å². The standard InChI is InChI=1S/C18H26N4/c1-4-6-14-21(3)18-19-13-12-17(20-18)22(5-2)15-16-10-8-7-9-11-16/h7-13H,4-6,14-15H2,1-3H3. The van der Waals surface area contributed by atoms with Gasteiger partial charge in [0.2, 0.25) is 5.95 Å². The van der Waals surface area contributed by atoms with Crippen molar-refractivity contribution in [2.24, 2.45) is 0 Å². The zero-order valence-electron chi connectivity index (χ0n) is 13.9. The lowest BCUT2D eigenvalue weighted by Crippen LogP contribution is -2.25. The normalized spacial score (nSPS) is 10.5. The number of rotatable bonds is 8. The first-order valence-corrected chi connectivity index (χ1v) is 8.07. The van der Waals surface area contributed by atoms with E-state index in [-0.39, 0.29) is 0 Å². The van der Waals surface area contributed by atoms with Crippen molar-refractivity contribution >= 4 is 11.8 Å². The lowest BCUT2D eigenvalue weighted by Gasteiger charge is -2.24. The third kappa shape index (κ3) is 4.45. The number of hydrogen-bond donors (Lipinski definition) is 0. The number of benzene rings is 1. The van der Waals surface area contributed by atoms with Crippen LogP contribution in [0.4, 0.5) is 11.8 Å². The van der Waals surface area contributed by atoms with E-state index in [2.05, 4.69) is 59.9 Å². The van der Waals surface area contributed by atoms with Crippen LogP contribution >= 0.6 is 0 Å². The van der Waals surface area contributed by atoms with Gasteiger partial charge in [0.15, 0.2) is 0 Å². The number of anilines is 2. The molecule has 0 radical (unpaired) electrons. The molecule has 1 heterocycles. The molecule has 0 aliphatic heterocycles. The molecule has 118 valence electrons. The fourth-order valence-corrected chi connectivity index (χ4v) is 2.35. The molecular weight excluding hydrogens is 272 g/mol. The van der Waals surface area contributed by atoms with Crippen LogP contribution in [0.25, 0.3) is 0 Å². The second-order valence-electron chi connectivity index (χ2n) is 5.49. The molecule has 0 N–H and O–H groups in total. The molecule has 0 atom stereocenters. The van der Waals surface area contributed by atoms with Gasteiger partial charge in [-0.2, -0.15) is 4.98 Å². The van der Waals surface area contributed by atoms with Crippen molar-refractivity contribution in [2.45, 2.75) is 33.2 Å². The van der Waals surface area contributed by atoms with Gasteiger partial charge >= 0.3 is 0 Å². The quantitative estimate of drug-likeness (QED) is 0.743. The molecule has 0 aliphatic rings. The SMILES string of the molecule is CCCCN(C)c1nccc(N(CC)Cc2ccccc2)n1. The van der Waals surface area contributed by atoms with E-state index < -0.39 is 0 Å². The number of aromatic nitrogens is 2. The first-order valence-electron chi connectivity index (χ1n) is 8.07. The lowest BCUT2D eigenvalue weighted by molar-refractivity contribution is 0.744. The van der Waals surface area contributed by atoms with Crippen LogP contribution in [0.2, 0.25) is 0 Å². The number of hydrogen-bond acceptors (Lipinski definition) is 4. The highest BCUT2D eigenvalue weighted by Crippen LogP contribution is 2.17. The van der Waals surface area contributed by atoms with Crippen molar-refractivity contribution in [3.8, 4) is 0 Å². The largest absolute Gasteiger partial charge is 0.352 e. The lowest BCUT2D eigenvalue weighted by atomic mass is 10.2. The first kappa shape index (κ1) is 16.3. The molecule has 4 nitrogen and oxygen atoms in total. The predicted octanol–water partition coefficient (Wildman–Crippen LogP) is 3.74. The van der Waals surface area contributed by atoms with Gasteiger partial charge in [-0.25, -0.2) is 4.98 Å². The molecule has 0 aliphatic carbocycles. The van der Waals surface area contributed by atoms with Crippen molar-refractivity contribution in [1.82, 2.24) is 9.97 Å². The van der Waals surface area contributed by atoms with Crippen molar-refractivity contribution in [3.63, 3.8) is 0 Å². The topological polar surface area (TPSA) is 32.3 Å². The van der Waals surface area contributed by atoms with Gasteiger partial charge in [-0.15, -0.1) is 0 Å². The molecule has 0 spiro atoms. The van der Waals surface area contributed by atoms with Crippen LogP contribution in [-0.4, -0.2) is 30.1 Å². The van der Waals surface area contributed by atoms with E-state index in [0.717, 1.165) is 37.8 Å². The van der Waals surface area contributed by atoms with Gasteiger partial charge in [0.05, 0.1) is 0 Å². The van der Waals surface area contributed by atoms with Crippen LogP contribution in [0.5, 0.6) is 0 Å². The molecule has 2 rings (SSSR count). The molecule has 0 saturated carbocycles. The molecule has 0 fully saturated rings. The first-order chi connectivity index (χ1) is 10.7. The van der Waals surface area contributed by atoms with Gasteiger partial charge in [0.25, 0.3) is 0 Å². The van der Waals surface area contributed by atoms with Crippen molar-refractivity contribution < 1.29 is 0 Å². The third-order valence-corrected chi connectivity index (χ3v) is 3.74. The van der Waals surface area contributed by atoms with E-state index in [9.17, 15) is 0 Å². The van der Waals surface area contributed by atoms with Crippen LogP contribution in [0.3, 0.4) is 0 Å². The Hall–Kier alpha value is -2.10. The van der Waals surface area contributed by atoms with E-state index in [1.54, 1.807) is 0 Å². The maximum atomic E-state index is 4.73. The summed E-state index contributed by atoms with van der Waals surface area (Å²) >= 11 is 0. The van der Waals surface area contributed by atoms with Gasteiger partial charge in [-0.1, -0.05) is 43.7 Å². The molecule has 1 aromatic carbocycles. The minimum absolute atomic E-state index is 0.803. The number of nitrogens with zero attached hydrogens (tertiary/aromatic N) is 4. The fraction of sp³-hybridized carbons (Fsp3) is 0.444. The minimum Gasteiger partial charge on any atom is -0.352 e. The van der Waals surface area contributed by atoms with Gasteiger partial charge in [-0.05, 0) is 25.0 Å². The molecule has 2 aromatic rings. The van der Waals surface area contributed by atoms with Crippen LogP contribution in [0.15, 0.2) is 42.6 Å². The highest BCUT2D eigenvalue weighted by atomic mass is 15.3. The van der Waals surface area contributed by atoms with Crippen LogP contribution in [-0.2, 0) is 6.54 Å². The van der Waals surface area contributed by atoms with E-state index in [0.29, 0.717) is 0 Å². The molecule has 1 aromatic heterocycles. The average Bonchev–Trinajstić information content (AvgIpc) is 2.58. The molecule has 0 unspecified atom stereocenters. The summed E-state index contributed by atoms with van der Waals surface area (Å²) in [6.45, 7) is 7.14. The summed E-state index contributed by atoms with van der Waals surface area (Å²) in [4.78, 5) is 13.5. The third-order valence-electron chi connectivity index (χ3n) is 3.74. The summed E-state index contributed by atoms with van der Waals surface area (Å²) in [6, 6.07) is 12.5. The van der Waals surface area contributed by atoms with Gasteiger partial charge in [0.1, 0.15) is 5.82 Å². The van der Waals surface area contributed by atoms with Gasteiger partial charge < -0.3 is 9.80 Å². The number of unbranched alkanes of at least 4 members (excludes halogenated alkanes) is 1. The van der Waals surface area contributed by atoms with Crippen molar-refractivity contribution in [3.05, 3.63) is 48.2 Å². The highest BCUT2D eigenvalue weighted by Gasteiger charge is 2.10. The van der Waals surface area contributed by atoms with E-state index in [1.807, 2.05) is 18.3 Å². The molecule has 0 saturated heterocycles. The maximum absolute atomic E-state index is 4.73. The fourth-order valence-electron chi connectivity index (χ4n) is 2.35. The zero-order valence-corrected chi connectivity index (χ0v) is 13.9. The smallest absolute Gasteiger partial charge is 0.226 e. The van der Waals surface area contributed by atoms with E-state index in [1.165, 1.54) is 12.0 Å². The van der Waals surface area contributed by atoms with Crippen LogP contribution in [0.1, 0.15) is 32.3 Å².